The number of pyridine rings is 1. The average molecular weight is 704 g/mol. The molecule has 3 heterocycles. The molecule has 1 unspecified atom stereocenters. The number of nitrogens with one attached hydrogen (secondary N) is 1. The van der Waals surface area contributed by atoms with Crippen LogP contribution in [-0.2, 0) is 14.0 Å². The van der Waals surface area contributed by atoms with Gasteiger partial charge in [0, 0.05) is 60.8 Å². The second kappa shape index (κ2) is 16.6. The minimum Gasteiger partial charge on any atom is -0.414 e. The maximum Gasteiger partial charge on any atom is 0.219 e. The zero-order chi connectivity index (χ0) is 34.2. The summed E-state index contributed by atoms with van der Waals surface area (Å²) < 4.78 is 26.9. The Hall–Kier alpha value is -2.65. The first-order valence-corrected chi connectivity index (χ1v) is 20.1. The summed E-state index contributed by atoms with van der Waals surface area (Å²) in [5, 5.41) is 13.4. The molecule has 14 heteroatoms. The van der Waals surface area contributed by atoms with Crippen molar-refractivity contribution in [1.29, 1.82) is 0 Å². The molecule has 3 N–H and O–H groups in total. The van der Waals surface area contributed by atoms with Crippen LogP contribution < -0.4 is 11.1 Å². The largest absolute Gasteiger partial charge is 0.414 e. The van der Waals surface area contributed by atoms with Crippen LogP contribution in [0.5, 0.6) is 0 Å². The van der Waals surface area contributed by atoms with Crippen molar-refractivity contribution in [3.05, 3.63) is 59.1 Å². The number of rotatable bonds is 15. The van der Waals surface area contributed by atoms with Gasteiger partial charge in [-0.2, -0.15) is 0 Å². The van der Waals surface area contributed by atoms with Gasteiger partial charge in [-0.05, 0) is 61.6 Å². The van der Waals surface area contributed by atoms with Gasteiger partial charge >= 0.3 is 0 Å². The Bertz CT molecular complexity index is 1510. The van der Waals surface area contributed by atoms with Crippen LogP contribution >= 0.6 is 23.4 Å². The van der Waals surface area contributed by atoms with Gasteiger partial charge < -0.3 is 25.1 Å². The number of anilines is 2. The van der Waals surface area contributed by atoms with Crippen LogP contribution in [0.2, 0.25) is 23.2 Å². The van der Waals surface area contributed by atoms with E-state index < -0.39 is 14.1 Å². The first-order valence-electron chi connectivity index (χ1n) is 15.8. The lowest BCUT2D eigenvalue weighted by atomic mass is 10.1. The summed E-state index contributed by atoms with van der Waals surface area (Å²) in [5.41, 5.74) is 8.39. The van der Waals surface area contributed by atoms with Crippen LogP contribution in [0.1, 0.15) is 38.9 Å². The summed E-state index contributed by atoms with van der Waals surface area (Å²) in [7, 11) is 0.262. The maximum absolute atomic E-state index is 14.8. The van der Waals surface area contributed by atoms with E-state index in [9.17, 15) is 9.18 Å². The number of likely N-dealkylation sites (N-methyl/N-ethyl adjacent to an activating group) is 1. The molecule has 1 aliphatic rings. The smallest absolute Gasteiger partial charge is 0.219 e. The molecule has 0 aliphatic carbocycles. The van der Waals surface area contributed by atoms with E-state index >= 15 is 0 Å². The minimum absolute atomic E-state index is 0.147. The highest BCUT2D eigenvalue weighted by atomic mass is 35.5. The van der Waals surface area contributed by atoms with Gasteiger partial charge in [0.25, 0.3) is 0 Å². The van der Waals surface area contributed by atoms with Gasteiger partial charge in [-0.15, -0.1) is 22.0 Å². The van der Waals surface area contributed by atoms with E-state index in [1.165, 1.54) is 30.0 Å². The van der Waals surface area contributed by atoms with E-state index in [1.54, 1.807) is 12.3 Å². The fraction of sp³-hybridized carbons (Fsp3) is 0.515. The van der Waals surface area contributed by atoms with Crippen LogP contribution in [0, 0.1) is 5.82 Å². The molecule has 47 heavy (non-hydrogen) atoms. The van der Waals surface area contributed by atoms with Crippen LogP contribution in [0.3, 0.4) is 0 Å². The third-order valence-electron chi connectivity index (χ3n) is 8.70. The molecule has 3 aromatic rings. The first kappa shape index (κ1) is 37.2. The van der Waals surface area contributed by atoms with E-state index in [2.05, 4.69) is 71.2 Å². The van der Waals surface area contributed by atoms with Gasteiger partial charge in [-0.1, -0.05) is 32.4 Å². The number of hydrogen-bond acceptors (Lipinski definition) is 10. The number of primary amides is 1. The highest BCUT2D eigenvalue weighted by Gasteiger charge is 2.36. The van der Waals surface area contributed by atoms with Crippen molar-refractivity contribution in [2.45, 2.75) is 56.4 Å². The molecule has 4 rings (SSSR count). The second-order valence-corrected chi connectivity index (χ2v) is 19.6. The van der Waals surface area contributed by atoms with Crippen molar-refractivity contribution in [3.8, 4) is 11.3 Å². The van der Waals surface area contributed by atoms with Crippen molar-refractivity contribution >= 4 is 49.0 Å². The number of carbonyl (C=O) groups is 1. The fourth-order valence-corrected chi connectivity index (χ4v) is 6.84. The zero-order valence-electron chi connectivity index (χ0n) is 28.2. The number of halogens is 2. The quantitative estimate of drug-likeness (QED) is 0.105. The van der Waals surface area contributed by atoms with Crippen LogP contribution in [0.25, 0.3) is 11.3 Å². The number of hydrogen-bond donors (Lipinski definition) is 2. The monoisotopic (exact) mass is 703 g/mol. The van der Waals surface area contributed by atoms with Crippen LogP contribution in [-0.4, -0.2) is 98.0 Å². The third kappa shape index (κ3) is 10.7. The number of piperazine rings is 1. The Kier molecular flexibility index (Phi) is 13.2. The Balaban J connectivity index is 1.51. The summed E-state index contributed by atoms with van der Waals surface area (Å²) in [6, 6.07) is 9.62. The van der Waals surface area contributed by atoms with E-state index in [1.807, 2.05) is 12.1 Å². The van der Waals surface area contributed by atoms with Crippen molar-refractivity contribution in [3.63, 3.8) is 0 Å². The topological polar surface area (TPSA) is 119 Å². The highest BCUT2D eigenvalue weighted by Crippen LogP contribution is 2.37. The third-order valence-corrected chi connectivity index (χ3v) is 14.4. The molecule has 1 fully saturated rings. The molecule has 256 valence electrons. The lowest BCUT2D eigenvalue weighted by molar-refractivity contribution is -0.119. The average Bonchev–Trinajstić information content (AvgIpc) is 3.01. The van der Waals surface area contributed by atoms with E-state index in [0.29, 0.717) is 47.0 Å². The fourth-order valence-electron chi connectivity index (χ4n) is 4.88. The predicted octanol–water partition coefficient (Wildman–Crippen LogP) is 6.37. The summed E-state index contributed by atoms with van der Waals surface area (Å²) in [4.78, 5) is 21.2. The highest BCUT2D eigenvalue weighted by molar-refractivity contribution is 7.99. The van der Waals surface area contributed by atoms with Crippen molar-refractivity contribution in [2.75, 3.05) is 64.1 Å². The van der Waals surface area contributed by atoms with Crippen molar-refractivity contribution in [1.82, 2.24) is 25.0 Å². The van der Waals surface area contributed by atoms with Gasteiger partial charge in [-0.3, -0.25) is 14.7 Å². The Morgan fingerprint density at radius 1 is 1.11 bits per heavy atom. The number of ether oxygens (including phenoxy) is 1. The molecular formula is C33H47ClFN7O3SSi. The zero-order valence-corrected chi connectivity index (χ0v) is 30.8. The summed E-state index contributed by atoms with van der Waals surface area (Å²) >= 11 is 7.67. The number of amides is 1. The summed E-state index contributed by atoms with van der Waals surface area (Å²) in [5.74, 6) is -0.205. The van der Waals surface area contributed by atoms with Gasteiger partial charge in [0.15, 0.2) is 8.32 Å². The SMILES string of the molecule is CN1CCN(C(CC(N)=O)c2cc(Nc3cc(-c4cc(Cl)ccc4F)nnc3SCCOCCO[Si](C)(C)C(C)(C)C)ccn2)CC1. The Morgan fingerprint density at radius 2 is 1.85 bits per heavy atom. The summed E-state index contributed by atoms with van der Waals surface area (Å²) in [6.07, 6.45) is 1.87. The standard InChI is InChI=1S/C33H47ClFN7O3SSi/c1-33(2,3)47(5,6)45-16-15-44-17-18-46-32-29(21-27(39-40-32)25-19-23(34)7-8-26(25)35)38-24-9-10-37-28(20-24)30(22-31(36)43)42-13-11-41(4)12-14-42/h7-10,19-21,30H,11-18,22H2,1-6H3,(H2,36,43)(H,37,38,39). The molecule has 10 nitrogen and oxygen atoms in total. The molecule has 0 bridgehead atoms. The molecular weight excluding hydrogens is 657 g/mol. The molecule has 1 saturated heterocycles. The summed E-state index contributed by atoms with van der Waals surface area (Å²) in [6.45, 7) is 16.1. The molecule has 2 aromatic heterocycles. The minimum atomic E-state index is -1.82. The van der Waals surface area contributed by atoms with E-state index in [-0.39, 0.29) is 29.0 Å². The van der Waals surface area contributed by atoms with Crippen LogP contribution in [0.4, 0.5) is 15.8 Å². The number of nitrogens with zero attached hydrogens (tertiary/aromatic N) is 5. The predicted molar refractivity (Wildman–Crippen MR) is 190 cm³/mol. The normalized spacial score (nSPS) is 15.5. The number of carbonyl (C=O) groups excluding carboxylic acids is 1. The van der Waals surface area contributed by atoms with Crippen molar-refractivity contribution < 1.29 is 18.3 Å². The number of benzene rings is 1. The number of nitrogens with two attached hydrogens (primary N) is 1. The number of thioether (sulfide) groups is 1. The van der Waals surface area contributed by atoms with Gasteiger partial charge in [0.1, 0.15) is 10.8 Å². The lowest BCUT2D eigenvalue weighted by Gasteiger charge is -2.37. The van der Waals surface area contributed by atoms with Gasteiger partial charge in [-0.25, -0.2) is 4.39 Å². The van der Waals surface area contributed by atoms with E-state index in [0.717, 1.165) is 37.6 Å². The molecule has 1 aromatic carbocycles. The lowest BCUT2D eigenvalue weighted by Crippen LogP contribution is -2.46. The Labute approximate surface area is 288 Å². The van der Waals surface area contributed by atoms with Crippen molar-refractivity contribution in [2.24, 2.45) is 5.73 Å². The first-order chi connectivity index (χ1) is 22.2. The molecule has 1 amide bonds. The molecule has 0 radical (unpaired) electrons. The maximum atomic E-state index is 14.8. The molecule has 0 saturated carbocycles. The van der Waals surface area contributed by atoms with Gasteiger partial charge in [0.05, 0.1) is 42.9 Å². The number of aromatic nitrogens is 3. The molecule has 0 spiro atoms. The Morgan fingerprint density at radius 3 is 2.55 bits per heavy atom. The van der Waals surface area contributed by atoms with Gasteiger partial charge in [0.2, 0.25) is 5.91 Å². The molecule has 1 atom stereocenters. The van der Waals surface area contributed by atoms with Crippen LogP contribution in [0.15, 0.2) is 47.6 Å². The second-order valence-electron chi connectivity index (χ2n) is 13.3. The molecule has 1 aliphatic heterocycles. The van der Waals surface area contributed by atoms with E-state index in [4.69, 9.17) is 26.5 Å².